The summed E-state index contributed by atoms with van der Waals surface area (Å²) in [5.41, 5.74) is 7.29. The number of hydrogen-bond acceptors (Lipinski definition) is 5. The number of methoxy groups -OCH3 is 2. The zero-order valence-corrected chi connectivity index (χ0v) is 12.2. The van der Waals surface area contributed by atoms with Crippen LogP contribution in [-0.2, 0) is 0 Å². The number of nitrogen functional groups attached to an aromatic ring is 1. The third-order valence-corrected chi connectivity index (χ3v) is 3.12. The van der Waals surface area contributed by atoms with Gasteiger partial charge in [0.25, 0.3) is 5.91 Å². The first-order valence-electron chi connectivity index (χ1n) is 6.28. The summed E-state index contributed by atoms with van der Waals surface area (Å²) in [6.45, 7) is 0. The fourth-order valence-corrected chi connectivity index (χ4v) is 1.93. The number of hydrogen-bond donors (Lipinski definition) is 1. The van der Waals surface area contributed by atoms with Crippen LogP contribution in [0.3, 0.4) is 0 Å². The summed E-state index contributed by atoms with van der Waals surface area (Å²) in [5.74, 6) is 0.687. The highest BCUT2D eigenvalue weighted by molar-refractivity contribution is 6.09. The first-order valence-corrected chi connectivity index (χ1v) is 6.28. The Hall–Kier alpha value is -2.76. The van der Waals surface area contributed by atoms with E-state index >= 15 is 0 Å². The number of aromatic nitrogens is 1. The normalized spacial score (nSPS) is 10.0. The molecule has 1 aromatic carbocycles. The molecule has 1 amide bonds. The summed E-state index contributed by atoms with van der Waals surface area (Å²) in [6, 6.07) is 6.70. The third-order valence-electron chi connectivity index (χ3n) is 3.12. The number of nitrogens with zero attached hydrogens (tertiary/aromatic N) is 2. The Morgan fingerprint density at radius 1 is 1.24 bits per heavy atom. The summed E-state index contributed by atoms with van der Waals surface area (Å²) in [4.78, 5) is 18.0. The molecule has 6 heteroatoms. The molecular formula is C15H17N3O3. The van der Waals surface area contributed by atoms with E-state index in [1.807, 2.05) is 0 Å². The molecule has 0 aliphatic heterocycles. The molecule has 1 aromatic heterocycles. The van der Waals surface area contributed by atoms with Crippen molar-refractivity contribution >= 4 is 17.3 Å². The molecule has 0 spiro atoms. The molecule has 1 heterocycles. The van der Waals surface area contributed by atoms with E-state index in [0.717, 1.165) is 0 Å². The van der Waals surface area contributed by atoms with E-state index in [2.05, 4.69) is 4.98 Å². The molecule has 0 aliphatic rings. The van der Waals surface area contributed by atoms with Gasteiger partial charge in [0.15, 0.2) is 11.5 Å². The van der Waals surface area contributed by atoms with Crippen LogP contribution in [0.4, 0.5) is 11.4 Å². The largest absolute Gasteiger partial charge is 0.493 e. The monoisotopic (exact) mass is 287 g/mol. The number of pyridine rings is 1. The van der Waals surface area contributed by atoms with Crippen molar-refractivity contribution in [1.82, 2.24) is 4.98 Å². The number of amides is 1. The lowest BCUT2D eigenvalue weighted by molar-refractivity contribution is 0.0993. The maximum Gasteiger partial charge on any atom is 0.260 e. The first kappa shape index (κ1) is 14.6. The van der Waals surface area contributed by atoms with Crippen molar-refractivity contribution in [3.05, 3.63) is 42.2 Å². The Bertz CT molecular complexity index is 644. The lowest BCUT2D eigenvalue weighted by Gasteiger charge is -2.19. The maximum atomic E-state index is 12.6. The highest BCUT2D eigenvalue weighted by Crippen LogP contribution is 2.32. The molecule has 0 aliphatic carbocycles. The topological polar surface area (TPSA) is 77.7 Å². The molecule has 0 fully saturated rings. The summed E-state index contributed by atoms with van der Waals surface area (Å²) < 4.78 is 10.4. The smallest absolute Gasteiger partial charge is 0.260 e. The third kappa shape index (κ3) is 2.89. The molecule has 0 saturated heterocycles. The van der Waals surface area contributed by atoms with Crippen LogP contribution in [0.25, 0.3) is 0 Å². The van der Waals surface area contributed by atoms with E-state index in [-0.39, 0.29) is 5.91 Å². The zero-order chi connectivity index (χ0) is 15.4. The number of benzene rings is 1. The van der Waals surface area contributed by atoms with Gasteiger partial charge in [0.1, 0.15) is 0 Å². The number of carbonyl (C=O) groups is 1. The van der Waals surface area contributed by atoms with Crippen LogP contribution in [0.1, 0.15) is 10.4 Å². The molecule has 2 aromatic rings. The molecule has 0 atom stereocenters. The van der Waals surface area contributed by atoms with E-state index in [0.29, 0.717) is 28.4 Å². The fraction of sp³-hybridized carbons (Fsp3) is 0.200. The lowest BCUT2D eigenvalue weighted by atomic mass is 10.1. The van der Waals surface area contributed by atoms with E-state index in [1.54, 1.807) is 43.7 Å². The first-order chi connectivity index (χ1) is 10.1. The van der Waals surface area contributed by atoms with Crippen molar-refractivity contribution in [2.24, 2.45) is 0 Å². The predicted molar refractivity (Wildman–Crippen MR) is 80.9 cm³/mol. The minimum Gasteiger partial charge on any atom is -0.493 e. The Kier molecular flexibility index (Phi) is 4.27. The molecule has 110 valence electrons. The second-order valence-electron chi connectivity index (χ2n) is 4.37. The lowest BCUT2D eigenvalue weighted by Crippen LogP contribution is -2.27. The van der Waals surface area contributed by atoms with Gasteiger partial charge in [-0.25, -0.2) is 0 Å². The van der Waals surface area contributed by atoms with Crippen LogP contribution >= 0.6 is 0 Å². The summed E-state index contributed by atoms with van der Waals surface area (Å²) in [6.07, 6.45) is 3.25. The number of anilines is 2. The molecule has 21 heavy (non-hydrogen) atoms. The van der Waals surface area contributed by atoms with E-state index in [4.69, 9.17) is 15.2 Å². The van der Waals surface area contributed by atoms with Crippen LogP contribution in [0, 0.1) is 0 Å². The summed E-state index contributed by atoms with van der Waals surface area (Å²) >= 11 is 0. The zero-order valence-electron chi connectivity index (χ0n) is 12.2. The van der Waals surface area contributed by atoms with Crippen LogP contribution in [-0.4, -0.2) is 32.2 Å². The fourth-order valence-electron chi connectivity index (χ4n) is 1.93. The van der Waals surface area contributed by atoms with Gasteiger partial charge >= 0.3 is 0 Å². The number of ether oxygens (including phenoxy) is 2. The van der Waals surface area contributed by atoms with Crippen LogP contribution < -0.4 is 20.1 Å². The van der Waals surface area contributed by atoms with Gasteiger partial charge in [-0.2, -0.15) is 0 Å². The second kappa shape index (κ2) is 6.13. The number of rotatable bonds is 4. The Balaban J connectivity index is 2.39. The van der Waals surface area contributed by atoms with Gasteiger partial charge in [-0.1, -0.05) is 0 Å². The van der Waals surface area contributed by atoms with Gasteiger partial charge in [-0.05, 0) is 18.2 Å². The van der Waals surface area contributed by atoms with E-state index in [9.17, 15) is 4.79 Å². The van der Waals surface area contributed by atoms with E-state index < -0.39 is 0 Å². The van der Waals surface area contributed by atoms with Gasteiger partial charge in [-0.3, -0.25) is 9.78 Å². The molecule has 0 bridgehead atoms. The van der Waals surface area contributed by atoms with Gasteiger partial charge in [0, 0.05) is 25.0 Å². The molecule has 0 saturated carbocycles. The quantitative estimate of drug-likeness (QED) is 0.870. The summed E-state index contributed by atoms with van der Waals surface area (Å²) in [7, 11) is 4.68. The Labute approximate surface area is 123 Å². The molecular weight excluding hydrogens is 270 g/mol. The minimum atomic E-state index is -0.249. The van der Waals surface area contributed by atoms with Crippen LogP contribution in [0.15, 0.2) is 36.7 Å². The van der Waals surface area contributed by atoms with Crippen LogP contribution in [0.5, 0.6) is 11.5 Å². The average Bonchev–Trinajstić information content (AvgIpc) is 2.54. The highest BCUT2D eigenvalue weighted by atomic mass is 16.5. The van der Waals surface area contributed by atoms with Crippen molar-refractivity contribution in [2.45, 2.75) is 0 Å². The van der Waals surface area contributed by atoms with Crippen molar-refractivity contribution in [2.75, 3.05) is 31.9 Å². The molecule has 0 radical (unpaired) electrons. The Morgan fingerprint density at radius 3 is 2.48 bits per heavy atom. The number of carbonyl (C=O) groups excluding carboxylic acids is 1. The Morgan fingerprint density at radius 2 is 1.90 bits per heavy atom. The molecule has 2 N–H and O–H groups in total. The molecule has 2 rings (SSSR count). The summed E-state index contributed by atoms with van der Waals surface area (Å²) in [5, 5.41) is 0. The van der Waals surface area contributed by atoms with Crippen molar-refractivity contribution in [3.8, 4) is 11.5 Å². The molecule has 0 unspecified atom stereocenters. The number of nitrogens with two attached hydrogens (primary N) is 1. The van der Waals surface area contributed by atoms with Gasteiger partial charge in [0.05, 0.1) is 31.7 Å². The van der Waals surface area contributed by atoms with Gasteiger partial charge < -0.3 is 20.1 Å². The van der Waals surface area contributed by atoms with E-state index in [1.165, 1.54) is 19.1 Å². The SMILES string of the molecule is COc1cc(N)c(C(=O)N(C)c2cccnc2)cc1OC. The second-order valence-corrected chi connectivity index (χ2v) is 4.37. The van der Waals surface area contributed by atoms with Crippen molar-refractivity contribution in [1.29, 1.82) is 0 Å². The standard InChI is InChI=1S/C15H17N3O3/c1-18(10-5-4-6-17-9-10)15(19)11-7-13(20-2)14(21-3)8-12(11)16/h4-9H,16H2,1-3H3. The minimum absolute atomic E-state index is 0.249. The van der Waals surface area contributed by atoms with Crippen molar-refractivity contribution < 1.29 is 14.3 Å². The average molecular weight is 287 g/mol. The van der Waals surface area contributed by atoms with Crippen molar-refractivity contribution in [3.63, 3.8) is 0 Å². The van der Waals surface area contributed by atoms with Crippen LogP contribution in [0.2, 0.25) is 0 Å². The maximum absolute atomic E-state index is 12.6. The predicted octanol–water partition coefficient (Wildman–Crippen LogP) is 1.96. The van der Waals surface area contributed by atoms with Gasteiger partial charge in [0.2, 0.25) is 0 Å². The highest BCUT2D eigenvalue weighted by Gasteiger charge is 2.19. The molecule has 6 nitrogen and oxygen atoms in total. The van der Waals surface area contributed by atoms with Gasteiger partial charge in [-0.15, -0.1) is 0 Å².